The van der Waals surface area contributed by atoms with E-state index in [1.165, 1.54) is 49.4 Å². The zero-order chi connectivity index (χ0) is 20.9. The number of carbonyl (C=O) groups is 2. The first-order valence-electron chi connectivity index (χ1n) is 8.04. The minimum absolute atomic E-state index is 0.143. The average Bonchev–Trinajstić information content (AvgIpc) is 2.61. The number of amides is 2. The molecule has 0 bridgehead atoms. The predicted molar refractivity (Wildman–Crippen MR) is 95.0 cm³/mol. The zero-order valence-electron chi connectivity index (χ0n) is 14.7. The molecule has 0 spiro atoms. The van der Waals surface area contributed by atoms with Gasteiger partial charge in [-0.3, -0.25) is 19.7 Å². The molecule has 10 heteroatoms. The Hall–Kier alpha value is -3.43. The van der Waals surface area contributed by atoms with E-state index in [0.717, 1.165) is 0 Å². The molecule has 0 saturated carbocycles. The summed E-state index contributed by atoms with van der Waals surface area (Å²) in [5.74, 6) is -1.32. The lowest BCUT2D eigenvalue weighted by atomic mass is 10.1. The van der Waals surface area contributed by atoms with Crippen molar-refractivity contribution in [1.82, 2.24) is 5.32 Å². The summed E-state index contributed by atoms with van der Waals surface area (Å²) in [5.41, 5.74) is 1.03. The Morgan fingerprint density at radius 1 is 1.11 bits per heavy atom. The lowest BCUT2D eigenvalue weighted by Gasteiger charge is -2.10. The third-order valence-electron chi connectivity index (χ3n) is 3.81. The molecule has 0 aromatic heterocycles. The lowest BCUT2D eigenvalue weighted by Crippen LogP contribution is -2.34. The van der Waals surface area contributed by atoms with Gasteiger partial charge in [-0.1, -0.05) is 18.2 Å². The molecule has 0 radical (unpaired) electrons. The molecule has 2 rings (SSSR count). The second-order valence-corrected chi connectivity index (χ2v) is 5.93. The molecule has 0 fully saturated rings. The van der Waals surface area contributed by atoms with Crippen LogP contribution in [0.25, 0.3) is 0 Å². The predicted octanol–water partition coefficient (Wildman–Crippen LogP) is 3.38. The van der Waals surface area contributed by atoms with Crippen molar-refractivity contribution < 1.29 is 27.7 Å². The molecular weight excluding hydrogens is 379 g/mol. The normalized spacial score (nSPS) is 11.0. The Balaban J connectivity index is 2.01. The fraction of sp³-hybridized carbons (Fsp3) is 0.222. The Bertz CT molecular complexity index is 896. The maximum absolute atomic E-state index is 12.3. The van der Waals surface area contributed by atoms with E-state index in [9.17, 15) is 32.9 Å². The van der Waals surface area contributed by atoms with E-state index < -0.39 is 29.5 Å². The first kappa shape index (κ1) is 20.9. The Kier molecular flexibility index (Phi) is 6.34. The number of hydrogen-bond donors (Lipinski definition) is 2. The zero-order valence-corrected chi connectivity index (χ0v) is 14.7. The number of hydrogen-bond acceptors (Lipinski definition) is 4. The number of halogens is 3. The Morgan fingerprint density at radius 2 is 1.75 bits per heavy atom. The smallest absolute Gasteiger partial charge is 0.347 e. The van der Waals surface area contributed by atoms with Crippen LogP contribution in [0.1, 0.15) is 21.5 Å². The summed E-state index contributed by atoms with van der Waals surface area (Å²) in [6, 6.07) is 10.1. The van der Waals surface area contributed by atoms with Crippen molar-refractivity contribution in [2.24, 2.45) is 0 Å². The van der Waals surface area contributed by atoms with Crippen molar-refractivity contribution in [3.63, 3.8) is 0 Å². The number of carbonyl (C=O) groups excluding carboxylic acids is 2. The molecule has 2 aromatic rings. The summed E-state index contributed by atoms with van der Waals surface area (Å²) < 4.78 is 36.2. The second-order valence-electron chi connectivity index (χ2n) is 5.93. The number of nitro groups is 1. The van der Waals surface area contributed by atoms with Crippen molar-refractivity contribution in [3.8, 4) is 0 Å². The van der Waals surface area contributed by atoms with Gasteiger partial charge in [0.25, 0.3) is 11.6 Å². The van der Waals surface area contributed by atoms with Crippen LogP contribution in [0.3, 0.4) is 0 Å². The monoisotopic (exact) mass is 395 g/mol. The summed E-state index contributed by atoms with van der Waals surface area (Å²) >= 11 is 0. The first-order chi connectivity index (χ1) is 13.1. The molecule has 0 aliphatic rings. The molecule has 0 aliphatic carbocycles. The van der Waals surface area contributed by atoms with Gasteiger partial charge in [0.15, 0.2) is 0 Å². The highest BCUT2D eigenvalue weighted by molar-refractivity contribution is 6.05. The highest BCUT2D eigenvalue weighted by Gasteiger charge is 2.27. The summed E-state index contributed by atoms with van der Waals surface area (Å²) in [6.45, 7) is 0.0677. The minimum Gasteiger partial charge on any atom is -0.347 e. The largest absolute Gasteiger partial charge is 0.405 e. The molecule has 0 unspecified atom stereocenters. The highest BCUT2D eigenvalue weighted by Crippen LogP contribution is 2.22. The third kappa shape index (κ3) is 5.79. The molecule has 0 aliphatic heterocycles. The Labute approximate surface area is 157 Å². The summed E-state index contributed by atoms with van der Waals surface area (Å²) in [7, 11) is 0. The maximum Gasteiger partial charge on any atom is 0.405 e. The van der Waals surface area contributed by atoms with E-state index in [1.807, 2.05) is 0 Å². The van der Waals surface area contributed by atoms with Crippen LogP contribution in [0.2, 0.25) is 0 Å². The van der Waals surface area contributed by atoms with Crippen LogP contribution < -0.4 is 10.6 Å². The van der Waals surface area contributed by atoms with Crippen molar-refractivity contribution >= 4 is 23.2 Å². The second kappa shape index (κ2) is 8.51. The standard InChI is InChI=1S/C18H16F3N3O4/c1-11-14(3-2-4-15(11)24(27)28)17(26)23-13-7-5-12(6-8-13)9-16(25)22-10-18(19,20)21/h2-8H,9-10H2,1H3,(H,22,25)(H,23,26). The number of nitro benzene ring substituents is 1. The van der Waals surface area contributed by atoms with E-state index in [-0.39, 0.29) is 23.2 Å². The van der Waals surface area contributed by atoms with E-state index in [2.05, 4.69) is 5.32 Å². The number of anilines is 1. The molecule has 0 saturated heterocycles. The van der Waals surface area contributed by atoms with E-state index in [1.54, 1.807) is 5.32 Å². The molecule has 2 amide bonds. The van der Waals surface area contributed by atoms with Crippen LogP contribution in [-0.2, 0) is 11.2 Å². The fourth-order valence-corrected chi connectivity index (χ4v) is 2.42. The van der Waals surface area contributed by atoms with E-state index in [4.69, 9.17) is 0 Å². The Morgan fingerprint density at radius 3 is 2.32 bits per heavy atom. The van der Waals surface area contributed by atoms with Gasteiger partial charge in [-0.05, 0) is 30.7 Å². The average molecular weight is 395 g/mol. The molecule has 28 heavy (non-hydrogen) atoms. The van der Waals surface area contributed by atoms with Crippen molar-refractivity contribution in [2.75, 3.05) is 11.9 Å². The highest BCUT2D eigenvalue weighted by atomic mass is 19.4. The summed E-state index contributed by atoms with van der Waals surface area (Å²) in [6.07, 6.45) is -4.72. The number of rotatable bonds is 6. The lowest BCUT2D eigenvalue weighted by molar-refractivity contribution is -0.385. The molecular formula is C18H16F3N3O4. The van der Waals surface area contributed by atoms with Crippen LogP contribution in [0.4, 0.5) is 24.5 Å². The number of nitrogens with one attached hydrogen (secondary N) is 2. The van der Waals surface area contributed by atoms with Crippen molar-refractivity contribution in [3.05, 3.63) is 69.3 Å². The van der Waals surface area contributed by atoms with Crippen LogP contribution in [0.5, 0.6) is 0 Å². The summed E-state index contributed by atoms with van der Waals surface area (Å²) in [4.78, 5) is 34.2. The van der Waals surface area contributed by atoms with Crippen molar-refractivity contribution in [1.29, 1.82) is 0 Å². The number of nitrogens with zero attached hydrogens (tertiary/aromatic N) is 1. The van der Waals surface area contributed by atoms with Crippen LogP contribution in [0, 0.1) is 17.0 Å². The molecule has 0 atom stereocenters. The fourth-order valence-electron chi connectivity index (χ4n) is 2.42. The molecule has 0 heterocycles. The van der Waals surface area contributed by atoms with Gasteiger partial charge in [0.2, 0.25) is 5.91 Å². The molecule has 7 nitrogen and oxygen atoms in total. The van der Waals surface area contributed by atoms with Gasteiger partial charge < -0.3 is 10.6 Å². The number of benzene rings is 2. The van der Waals surface area contributed by atoms with Gasteiger partial charge in [-0.2, -0.15) is 13.2 Å². The van der Waals surface area contributed by atoms with Gasteiger partial charge in [0.05, 0.1) is 11.3 Å². The van der Waals surface area contributed by atoms with E-state index >= 15 is 0 Å². The van der Waals surface area contributed by atoms with Gasteiger partial charge >= 0.3 is 6.18 Å². The van der Waals surface area contributed by atoms with E-state index in [0.29, 0.717) is 11.3 Å². The minimum atomic E-state index is -4.48. The SMILES string of the molecule is Cc1c(C(=O)Nc2ccc(CC(=O)NCC(F)(F)F)cc2)cccc1[N+](=O)[O-]. The maximum atomic E-state index is 12.3. The van der Waals surface area contributed by atoms with Crippen LogP contribution >= 0.6 is 0 Å². The van der Waals surface area contributed by atoms with Gasteiger partial charge in [-0.15, -0.1) is 0 Å². The quantitative estimate of drug-likeness (QED) is 0.578. The first-order valence-corrected chi connectivity index (χ1v) is 8.04. The third-order valence-corrected chi connectivity index (χ3v) is 3.81. The molecule has 2 aromatic carbocycles. The van der Waals surface area contributed by atoms with Crippen LogP contribution in [-0.4, -0.2) is 29.5 Å². The van der Waals surface area contributed by atoms with Gasteiger partial charge in [0, 0.05) is 22.9 Å². The number of alkyl halides is 3. The van der Waals surface area contributed by atoms with Crippen LogP contribution in [0.15, 0.2) is 42.5 Å². The molecule has 2 N–H and O–H groups in total. The van der Waals surface area contributed by atoms with Gasteiger partial charge in [-0.25, -0.2) is 0 Å². The molecule has 148 valence electrons. The topological polar surface area (TPSA) is 101 Å². The van der Waals surface area contributed by atoms with Gasteiger partial charge in [0.1, 0.15) is 6.54 Å². The summed E-state index contributed by atoms with van der Waals surface area (Å²) in [5, 5.41) is 15.3. The van der Waals surface area contributed by atoms with Crippen molar-refractivity contribution in [2.45, 2.75) is 19.5 Å².